The van der Waals surface area contributed by atoms with Crippen molar-refractivity contribution in [2.75, 3.05) is 26.2 Å². The smallest absolute Gasteiger partial charge is 0.259 e. The third-order valence-corrected chi connectivity index (χ3v) is 4.93. The fraction of sp³-hybridized carbons (Fsp3) is 0.632. The predicted octanol–water partition coefficient (Wildman–Crippen LogP) is 3.12. The van der Waals surface area contributed by atoms with Gasteiger partial charge >= 0.3 is 0 Å². The van der Waals surface area contributed by atoms with Gasteiger partial charge in [0.05, 0.1) is 16.6 Å². The first-order chi connectivity index (χ1) is 12.0. The molecule has 3 rings (SSSR count). The van der Waals surface area contributed by atoms with Crippen LogP contribution in [-0.4, -0.2) is 47.1 Å². The largest absolute Gasteiger partial charge is 0.351 e. The molecule has 1 N–H and O–H groups in total. The molecule has 1 aliphatic heterocycles. The van der Waals surface area contributed by atoms with Crippen molar-refractivity contribution in [3.63, 3.8) is 0 Å². The number of piperidine rings is 1. The minimum Gasteiger partial charge on any atom is -0.351 e. The Morgan fingerprint density at radius 3 is 3.00 bits per heavy atom. The highest BCUT2D eigenvalue weighted by Gasteiger charge is 2.20. The Labute approximate surface area is 149 Å². The van der Waals surface area contributed by atoms with Gasteiger partial charge in [-0.25, -0.2) is 4.98 Å². The van der Waals surface area contributed by atoms with Crippen LogP contribution >= 0.6 is 0 Å². The highest BCUT2D eigenvalue weighted by Crippen LogP contribution is 2.25. The molecule has 0 spiro atoms. The van der Waals surface area contributed by atoms with Crippen LogP contribution in [0, 0.1) is 12.8 Å². The zero-order valence-electron chi connectivity index (χ0n) is 15.6. The lowest BCUT2D eigenvalue weighted by Crippen LogP contribution is -2.40. The molecule has 1 amide bonds. The summed E-state index contributed by atoms with van der Waals surface area (Å²) < 4.78 is 5.29. The summed E-state index contributed by atoms with van der Waals surface area (Å²) >= 11 is 0. The van der Waals surface area contributed by atoms with Crippen LogP contribution in [0.2, 0.25) is 0 Å². The van der Waals surface area contributed by atoms with E-state index in [4.69, 9.17) is 4.52 Å². The summed E-state index contributed by atoms with van der Waals surface area (Å²) in [5.74, 6) is 0.888. The van der Waals surface area contributed by atoms with E-state index >= 15 is 0 Å². The average Bonchev–Trinajstić information content (AvgIpc) is 2.95. The normalized spacial score (nSPS) is 18.8. The number of nitrogens with zero attached hydrogens (tertiary/aromatic N) is 3. The molecule has 0 radical (unpaired) electrons. The number of aryl methyl sites for hydroxylation is 1. The van der Waals surface area contributed by atoms with E-state index in [0.717, 1.165) is 31.2 Å². The van der Waals surface area contributed by atoms with Crippen LogP contribution in [0.4, 0.5) is 0 Å². The fourth-order valence-electron chi connectivity index (χ4n) is 3.50. The van der Waals surface area contributed by atoms with E-state index in [0.29, 0.717) is 28.9 Å². The molecule has 3 heterocycles. The second kappa shape index (κ2) is 7.52. The van der Waals surface area contributed by atoms with E-state index in [9.17, 15) is 4.79 Å². The zero-order valence-corrected chi connectivity index (χ0v) is 15.6. The zero-order chi connectivity index (χ0) is 18.0. The Morgan fingerprint density at radius 1 is 1.48 bits per heavy atom. The number of likely N-dealkylation sites (tertiary alicyclic amines) is 1. The third kappa shape index (κ3) is 4.00. The van der Waals surface area contributed by atoms with Gasteiger partial charge in [-0.05, 0) is 44.2 Å². The van der Waals surface area contributed by atoms with Crippen LogP contribution in [0.25, 0.3) is 11.1 Å². The molecule has 6 heteroatoms. The van der Waals surface area contributed by atoms with Gasteiger partial charge in [-0.15, -0.1) is 0 Å². The number of carbonyl (C=O) groups excluding carboxylic acids is 1. The summed E-state index contributed by atoms with van der Waals surface area (Å²) in [6.45, 7) is 12.0. The van der Waals surface area contributed by atoms with Crippen LogP contribution in [0.1, 0.15) is 61.3 Å². The molecule has 0 aliphatic carbocycles. The van der Waals surface area contributed by atoms with Crippen molar-refractivity contribution < 1.29 is 9.32 Å². The van der Waals surface area contributed by atoms with Crippen molar-refractivity contribution in [2.45, 2.75) is 46.5 Å². The lowest BCUT2D eigenvalue weighted by atomic mass is 10.0. The number of amides is 1. The summed E-state index contributed by atoms with van der Waals surface area (Å²) in [5, 5.41) is 7.75. The maximum Gasteiger partial charge on any atom is 0.259 e. The Morgan fingerprint density at radius 2 is 2.28 bits per heavy atom. The second-order valence-electron chi connectivity index (χ2n) is 7.50. The summed E-state index contributed by atoms with van der Waals surface area (Å²) in [7, 11) is 0. The molecule has 0 saturated carbocycles. The monoisotopic (exact) mass is 344 g/mol. The molecule has 1 fully saturated rings. The van der Waals surface area contributed by atoms with Crippen molar-refractivity contribution >= 4 is 17.0 Å². The van der Waals surface area contributed by atoms with Crippen LogP contribution in [0.15, 0.2) is 10.6 Å². The lowest BCUT2D eigenvalue weighted by molar-refractivity contribution is 0.0945. The maximum absolute atomic E-state index is 12.8. The first-order valence-corrected chi connectivity index (χ1v) is 9.23. The number of aromatic nitrogens is 2. The SMILES string of the molecule is Cc1noc2nc(C(C)C)cc(C(=O)NCCN3CCCC(C)C3)c12. The van der Waals surface area contributed by atoms with E-state index in [2.05, 4.69) is 41.1 Å². The molecule has 1 saturated heterocycles. The maximum atomic E-state index is 12.8. The van der Waals surface area contributed by atoms with Gasteiger partial charge in [-0.3, -0.25) is 4.79 Å². The first-order valence-electron chi connectivity index (χ1n) is 9.23. The summed E-state index contributed by atoms with van der Waals surface area (Å²) in [6, 6.07) is 1.87. The molecule has 0 aromatic carbocycles. The van der Waals surface area contributed by atoms with Gasteiger partial charge in [-0.2, -0.15) is 0 Å². The minimum absolute atomic E-state index is 0.0781. The molecule has 2 aromatic rings. The van der Waals surface area contributed by atoms with Gasteiger partial charge in [0.2, 0.25) is 0 Å². The number of hydrogen-bond acceptors (Lipinski definition) is 5. The fourth-order valence-corrected chi connectivity index (χ4v) is 3.50. The molecule has 1 atom stereocenters. The summed E-state index contributed by atoms with van der Waals surface area (Å²) in [4.78, 5) is 19.7. The highest BCUT2D eigenvalue weighted by molar-refractivity contribution is 6.06. The van der Waals surface area contributed by atoms with E-state index in [-0.39, 0.29) is 11.8 Å². The van der Waals surface area contributed by atoms with Gasteiger partial charge in [-0.1, -0.05) is 25.9 Å². The summed E-state index contributed by atoms with van der Waals surface area (Å²) in [6.07, 6.45) is 2.56. The Kier molecular flexibility index (Phi) is 5.37. The molecule has 136 valence electrons. The van der Waals surface area contributed by atoms with Crippen LogP contribution in [0.3, 0.4) is 0 Å². The van der Waals surface area contributed by atoms with E-state index in [1.165, 1.54) is 12.8 Å². The summed E-state index contributed by atoms with van der Waals surface area (Å²) in [5.41, 5.74) is 2.60. The lowest BCUT2D eigenvalue weighted by Gasteiger charge is -2.30. The number of pyridine rings is 1. The molecule has 6 nitrogen and oxygen atoms in total. The van der Waals surface area contributed by atoms with Crippen molar-refractivity contribution in [3.8, 4) is 0 Å². The van der Waals surface area contributed by atoms with E-state index in [1.807, 2.05) is 13.0 Å². The molecule has 1 aliphatic rings. The van der Waals surface area contributed by atoms with Crippen molar-refractivity contribution in [1.29, 1.82) is 0 Å². The Balaban J connectivity index is 1.71. The molecule has 0 bridgehead atoms. The van der Waals surface area contributed by atoms with Crippen LogP contribution < -0.4 is 5.32 Å². The van der Waals surface area contributed by atoms with Gasteiger partial charge in [0, 0.05) is 25.3 Å². The first kappa shape index (κ1) is 17.9. The molecule has 2 aromatic heterocycles. The number of rotatable bonds is 5. The van der Waals surface area contributed by atoms with Gasteiger partial charge < -0.3 is 14.7 Å². The standard InChI is InChI=1S/C19H28N4O2/c1-12(2)16-10-15(17-14(4)22-25-19(17)21-16)18(24)20-7-9-23-8-5-6-13(3)11-23/h10,12-13H,5-9,11H2,1-4H3,(H,20,24). The second-order valence-corrected chi connectivity index (χ2v) is 7.50. The van der Waals surface area contributed by atoms with Crippen molar-refractivity contribution in [2.24, 2.45) is 5.92 Å². The molecule has 25 heavy (non-hydrogen) atoms. The Bertz CT molecular complexity index is 753. The topological polar surface area (TPSA) is 71.3 Å². The number of nitrogens with one attached hydrogen (secondary N) is 1. The van der Waals surface area contributed by atoms with Crippen molar-refractivity contribution in [3.05, 3.63) is 23.0 Å². The molecular weight excluding hydrogens is 316 g/mol. The Hall–Kier alpha value is -1.95. The number of carbonyl (C=O) groups is 1. The van der Waals surface area contributed by atoms with E-state index in [1.54, 1.807) is 0 Å². The van der Waals surface area contributed by atoms with Crippen LogP contribution in [-0.2, 0) is 0 Å². The van der Waals surface area contributed by atoms with Crippen LogP contribution in [0.5, 0.6) is 0 Å². The molecule has 1 unspecified atom stereocenters. The third-order valence-electron chi connectivity index (χ3n) is 4.93. The predicted molar refractivity (Wildman–Crippen MR) is 97.8 cm³/mol. The average molecular weight is 344 g/mol. The quantitative estimate of drug-likeness (QED) is 0.902. The van der Waals surface area contributed by atoms with Gasteiger partial charge in [0.1, 0.15) is 0 Å². The van der Waals surface area contributed by atoms with Gasteiger partial charge in [0.15, 0.2) is 0 Å². The van der Waals surface area contributed by atoms with E-state index < -0.39 is 0 Å². The highest BCUT2D eigenvalue weighted by atomic mass is 16.5. The molecular formula is C19H28N4O2. The minimum atomic E-state index is -0.0781. The number of hydrogen-bond donors (Lipinski definition) is 1. The van der Waals surface area contributed by atoms with Crippen molar-refractivity contribution in [1.82, 2.24) is 20.4 Å². The number of fused-ring (bicyclic) bond motifs is 1. The van der Waals surface area contributed by atoms with Gasteiger partial charge in [0.25, 0.3) is 11.6 Å².